The molecule has 0 aromatic heterocycles. The lowest BCUT2D eigenvalue weighted by Gasteiger charge is -2.46. The SMILES string of the molecule is C=CCN(C(=O)NC)N1CC(=O)N2[C@@H](Cc3ccc(C)cc3)C(=O)N(Cc3cccc4ccccc34)C[C@@H]21. The van der Waals surface area contributed by atoms with Gasteiger partial charge in [0.1, 0.15) is 12.2 Å². The van der Waals surface area contributed by atoms with Crippen LogP contribution in [0, 0.1) is 6.92 Å². The van der Waals surface area contributed by atoms with Gasteiger partial charge in [-0.2, -0.15) is 5.01 Å². The van der Waals surface area contributed by atoms with Crippen LogP contribution < -0.4 is 5.32 Å². The summed E-state index contributed by atoms with van der Waals surface area (Å²) in [7, 11) is 1.56. The van der Waals surface area contributed by atoms with E-state index >= 15 is 0 Å². The Morgan fingerprint density at radius 3 is 2.55 bits per heavy atom. The number of aryl methyl sites for hydroxylation is 1. The predicted octanol–water partition coefficient (Wildman–Crippen LogP) is 3.31. The van der Waals surface area contributed by atoms with Gasteiger partial charge < -0.3 is 15.1 Å². The molecule has 8 heteroatoms. The number of hydrogen-bond acceptors (Lipinski definition) is 4. The Balaban J connectivity index is 1.52. The molecule has 196 valence electrons. The number of carbonyl (C=O) groups excluding carboxylic acids is 3. The molecule has 2 saturated heterocycles. The van der Waals surface area contributed by atoms with Gasteiger partial charge in [0.2, 0.25) is 11.8 Å². The van der Waals surface area contributed by atoms with Crippen molar-refractivity contribution in [2.24, 2.45) is 0 Å². The quantitative estimate of drug-likeness (QED) is 0.494. The number of rotatable bonds is 7. The van der Waals surface area contributed by atoms with Crippen LogP contribution in [0.4, 0.5) is 4.79 Å². The number of fused-ring (bicyclic) bond motifs is 2. The number of urea groups is 1. The zero-order chi connectivity index (χ0) is 26.8. The third-order valence-electron chi connectivity index (χ3n) is 7.42. The first-order chi connectivity index (χ1) is 18.4. The first kappa shape index (κ1) is 25.5. The fourth-order valence-electron chi connectivity index (χ4n) is 5.53. The highest BCUT2D eigenvalue weighted by Crippen LogP contribution is 2.31. The van der Waals surface area contributed by atoms with Crippen LogP contribution in [-0.2, 0) is 22.6 Å². The molecule has 0 aliphatic carbocycles. The maximum atomic E-state index is 14.0. The highest BCUT2D eigenvalue weighted by atomic mass is 16.2. The van der Waals surface area contributed by atoms with Crippen LogP contribution in [-0.4, -0.2) is 76.6 Å². The highest BCUT2D eigenvalue weighted by Gasteiger charge is 2.52. The topological polar surface area (TPSA) is 76.2 Å². The third kappa shape index (κ3) is 4.75. The van der Waals surface area contributed by atoms with Crippen molar-refractivity contribution in [3.63, 3.8) is 0 Å². The minimum absolute atomic E-state index is 0.0196. The van der Waals surface area contributed by atoms with Crippen LogP contribution in [0.3, 0.4) is 0 Å². The van der Waals surface area contributed by atoms with Crippen molar-refractivity contribution < 1.29 is 14.4 Å². The van der Waals surface area contributed by atoms with Gasteiger partial charge in [-0.15, -0.1) is 6.58 Å². The predicted molar refractivity (Wildman–Crippen MR) is 147 cm³/mol. The number of benzene rings is 3. The molecule has 5 rings (SSSR count). The summed E-state index contributed by atoms with van der Waals surface area (Å²) >= 11 is 0. The molecule has 2 atom stereocenters. The summed E-state index contributed by atoms with van der Waals surface area (Å²) in [6.07, 6.45) is 1.57. The normalized spacial score (nSPS) is 19.5. The fraction of sp³-hybridized carbons (Fsp3) is 0.300. The van der Waals surface area contributed by atoms with Crippen molar-refractivity contribution in [3.05, 3.63) is 96.1 Å². The molecular weight excluding hydrogens is 478 g/mol. The van der Waals surface area contributed by atoms with Crippen LogP contribution in [0.5, 0.6) is 0 Å². The van der Waals surface area contributed by atoms with Gasteiger partial charge in [-0.05, 0) is 28.8 Å². The van der Waals surface area contributed by atoms with Crippen molar-refractivity contribution >= 4 is 28.6 Å². The van der Waals surface area contributed by atoms with Gasteiger partial charge in [0.25, 0.3) is 0 Å². The number of hydrogen-bond donors (Lipinski definition) is 1. The number of piperazine rings is 1. The molecule has 0 unspecified atom stereocenters. The summed E-state index contributed by atoms with van der Waals surface area (Å²) in [5, 5.41) is 8.14. The summed E-state index contributed by atoms with van der Waals surface area (Å²) in [5.41, 5.74) is 3.16. The second-order valence-electron chi connectivity index (χ2n) is 9.87. The smallest absolute Gasteiger partial charge is 0.332 e. The van der Waals surface area contributed by atoms with E-state index in [1.165, 1.54) is 5.01 Å². The lowest BCUT2D eigenvalue weighted by molar-refractivity contribution is -0.157. The lowest BCUT2D eigenvalue weighted by atomic mass is 9.98. The highest BCUT2D eigenvalue weighted by molar-refractivity contribution is 5.92. The van der Waals surface area contributed by atoms with Gasteiger partial charge in [-0.1, -0.05) is 78.4 Å². The number of nitrogens with one attached hydrogen (secondary N) is 1. The van der Waals surface area contributed by atoms with Gasteiger partial charge in [-0.25, -0.2) is 4.79 Å². The van der Waals surface area contributed by atoms with E-state index in [9.17, 15) is 14.4 Å². The molecule has 4 amide bonds. The molecule has 2 aliphatic heterocycles. The van der Waals surface area contributed by atoms with E-state index in [0.717, 1.165) is 27.5 Å². The van der Waals surface area contributed by atoms with Gasteiger partial charge >= 0.3 is 6.03 Å². The first-order valence-corrected chi connectivity index (χ1v) is 12.9. The van der Waals surface area contributed by atoms with Crippen molar-refractivity contribution in [2.75, 3.05) is 26.7 Å². The van der Waals surface area contributed by atoms with Crippen molar-refractivity contribution in [1.29, 1.82) is 0 Å². The summed E-state index contributed by atoms with van der Waals surface area (Å²) in [5.74, 6) is -0.247. The summed E-state index contributed by atoms with van der Waals surface area (Å²) in [6, 6.07) is 21.3. The lowest BCUT2D eigenvalue weighted by Crippen LogP contribution is -2.65. The second-order valence-corrected chi connectivity index (χ2v) is 9.87. The average Bonchev–Trinajstić information content (AvgIpc) is 3.25. The van der Waals surface area contributed by atoms with Gasteiger partial charge in [0.05, 0.1) is 19.6 Å². The molecule has 2 heterocycles. The van der Waals surface area contributed by atoms with E-state index in [1.54, 1.807) is 23.0 Å². The Morgan fingerprint density at radius 2 is 1.82 bits per heavy atom. The molecule has 0 radical (unpaired) electrons. The molecule has 2 aliphatic rings. The molecule has 0 bridgehead atoms. The molecule has 0 saturated carbocycles. The minimum atomic E-state index is -0.667. The number of hydrazine groups is 1. The fourth-order valence-corrected chi connectivity index (χ4v) is 5.53. The Kier molecular flexibility index (Phi) is 7.15. The Bertz CT molecular complexity index is 1370. The third-order valence-corrected chi connectivity index (χ3v) is 7.42. The summed E-state index contributed by atoms with van der Waals surface area (Å²) in [4.78, 5) is 43.7. The van der Waals surface area contributed by atoms with E-state index < -0.39 is 12.2 Å². The molecule has 38 heavy (non-hydrogen) atoms. The number of carbonyl (C=O) groups is 3. The maximum absolute atomic E-state index is 14.0. The molecule has 3 aromatic rings. The van der Waals surface area contributed by atoms with Crippen LogP contribution in [0.1, 0.15) is 16.7 Å². The molecule has 8 nitrogen and oxygen atoms in total. The monoisotopic (exact) mass is 511 g/mol. The summed E-state index contributed by atoms with van der Waals surface area (Å²) in [6.45, 7) is 6.79. The van der Waals surface area contributed by atoms with Gasteiger partial charge in [0.15, 0.2) is 0 Å². The Labute approximate surface area is 223 Å². The maximum Gasteiger partial charge on any atom is 0.332 e. The standard InChI is InChI=1S/C30H33N5O3/c1-4-16-33(30(38)31-3)34-20-28(36)35-26(17-22-14-12-21(2)13-15-22)29(37)32(19-27(34)35)18-24-10-7-9-23-8-5-6-11-25(23)24/h4-15,26-27H,1,16-20H2,2-3H3,(H,31,38)/t26-,27+/m0/s1. The van der Waals surface area contributed by atoms with E-state index in [0.29, 0.717) is 19.5 Å². The van der Waals surface area contributed by atoms with Gasteiger partial charge in [-0.3, -0.25) is 14.6 Å². The second kappa shape index (κ2) is 10.7. The van der Waals surface area contributed by atoms with Crippen LogP contribution in [0.25, 0.3) is 10.8 Å². The molecule has 1 N–H and O–H groups in total. The molecule has 0 spiro atoms. The number of nitrogens with zero attached hydrogens (tertiary/aromatic N) is 4. The molecule has 3 aromatic carbocycles. The van der Waals surface area contributed by atoms with Crippen molar-refractivity contribution in [1.82, 2.24) is 25.1 Å². The summed E-state index contributed by atoms with van der Waals surface area (Å²) < 4.78 is 0. The molecule has 2 fully saturated rings. The van der Waals surface area contributed by atoms with E-state index in [1.807, 2.05) is 60.4 Å². The van der Waals surface area contributed by atoms with E-state index in [2.05, 4.69) is 30.1 Å². The van der Waals surface area contributed by atoms with Crippen LogP contribution >= 0.6 is 0 Å². The average molecular weight is 512 g/mol. The first-order valence-electron chi connectivity index (χ1n) is 12.9. The Hall–Kier alpha value is -4.17. The zero-order valence-electron chi connectivity index (χ0n) is 21.8. The zero-order valence-corrected chi connectivity index (χ0v) is 21.8. The van der Waals surface area contributed by atoms with Crippen LogP contribution in [0.2, 0.25) is 0 Å². The van der Waals surface area contributed by atoms with Crippen molar-refractivity contribution in [2.45, 2.75) is 32.1 Å². The van der Waals surface area contributed by atoms with E-state index in [4.69, 9.17) is 0 Å². The van der Waals surface area contributed by atoms with Crippen molar-refractivity contribution in [3.8, 4) is 0 Å². The van der Waals surface area contributed by atoms with Crippen LogP contribution in [0.15, 0.2) is 79.4 Å². The molecular formula is C30H33N5O3. The largest absolute Gasteiger partial charge is 0.340 e. The minimum Gasteiger partial charge on any atom is -0.340 e. The van der Waals surface area contributed by atoms with Gasteiger partial charge in [0, 0.05) is 20.0 Å². The van der Waals surface area contributed by atoms with E-state index in [-0.39, 0.29) is 30.9 Å². The number of amides is 4. The Morgan fingerprint density at radius 1 is 1.08 bits per heavy atom.